The average molecular weight is 422 g/mol. The number of likely N-dealkylation sites (tertiary alicyclic amines) is 1. The Balaban J connectivity index is 1.65. The molecule has 0 unspecified atom stereocenters. The van der Waals surface area contributed by atoms with Crippen molar-refractivity contribution in [2.75, 3.05) is 18.0 Å². The van der Waals surface area contributed by atoms with Crippen LogP contribution in [0.5, 0.6) is 0 Å². The first-order valence-corrected chi connectivity index (χ1v) is 10.1. The van der Waals surface area contributed by atoms with Crippen LogP contribution in [-0.2, 0) is 17.5 Å². The van der Waals surface area contributed by atoms with Crippen LogP contribution in [0.15, 0.2) is 48.5 Å². The van der Waals surface area contributed by atoms with E-state index >= 15 is 0 Å². The fourth-order valence-corrected chi connectivity index (χ4v) is 3.79. The van der Waals surface area contributed by atoms with E-state index in [1.165, 1.54) is 24.3 Å². The predicted molar refractivity (Wildman–Crippen MR) is 108 cm³/mol. The molecule has 0 aliphatic carbocycles. The molecule has 1 aliphatic heterocycles. The number of amides is 1. The molecule has 30 heavy (non-hydrogen) atoms. The SMILES string of the molecule is CC(C)C(=O)N(c1ccc(F)cc1)C1CCN(Cc2ccc(C(F)(F)F)cc2)CC1. The summed E-state index contributed by atoms with van der Waals surface area (Å²) >= 11 is 0. The molecule has 2 aromatic rings. The summed E-state index contributed by atoms with van der Waals surface area (Å²) in [5, 5.41) is 0. The summed E-state index contributed by atoms with van der Waals surface area (Å²) in [5.74, 6) is -0.523. The number of hydrogen-bond donors (Lipinski definition) is 0. The van der Waals surface area contributed by atoms with Gasteiger partial charge in [0.05, 0.1) is 5.56 Å². The number of piperidine rings is 1. The molecule has 3 nitrogen and oxygen atoms in total. The van der Waals surface area contributed by atoms with Gasteiger partial charge in [-0.3, -0.25) is 9.69 Å². The first-order chi connectivity index (χ1) is 14.1. The van der Waals surface area contributed by atoms with Crippen LogP contribution in [0, 0.1) is 11.7 Å². The number of anilines is 1. The molecule has 0 aromatic heterocycles. The normalized spacial score (nSPS) is 16.1. The number of halogens is 4. The van der Waals surface area contributed by atoms with E-state index in [2.05, 4.69) is 4.90 Å². The van der Waals surface area contributed by atoms with Crippen molar-refractivity contribution in [1.82, 2.24) is 4.90 Å². The molecule has 0 radical (unpaired) electrons. The van der Waals surface area contributed by atoms with Crippen LogP contribution in [-0.4, -0.2) is 29.9 Å². The van der Waals surface area contributed by atoms with Crippen LogP contribution in [0.1, 0.15) is 37.8 Å². The van der Waals surface area contributed by atoms with Crippen molar-refractivity contribution >= 4 is 11.6 Å². The Morgan fingerprint density at radius 3 is 2.10 bits per heavy atom. The zero-order valence-corrected chi connectivity index (χ0v) is 17.1. The molecule has 0 bridgehead atoms. The maximum atomic E-state index is 13.3. The van der Waals surface area contributed by atoms with Crippen LogP contribution in [0.2, 0.25) is 0 Å². The number of alkyl halides is 3. The van der Waals surface area contributed by atoms with Gasteiger partial charge in [0.25, 0.3) is 0 Å². The van der Waals surface area contributed by atoms with E-state index in [9.17, 15) is 22.4 Å². The smallest absolute Gasteiger partial charge is 0.309 e. The van der Waals surface area contributed by atoms with Crippen molar-refractivity contribution in [3.8, 4) is 0 Å². The molecule has 162 valence electrons. The highest BCUT2D eigenvalue weighted by atomic mass is 19.4. The second-order valence-electron chi connectivity index (χ2n) is 8.04. The van der Waals surface area contributed by atoms with Crippen molar-refractivity contribution in [1.29, 1.82) is 0 Å². The molecule has 1 heterocycles. The monoisotopic (exact) mass is 422 g/mol. The van der Waals surface area contributed by atoms with E-state index in [4.69, 9.17) is 0 Å². The zero-order chi connectivity index (χ0) is 21.9. The van der Waals surface area contributed by atoms with Gasteiger partial charge in [-0.1, -0.05) is 26.0 Å². The quantitative estimate of drug-likeness (QED) is 0.594. The molecule has 0 atom stereocenters. The first-order valence-electron chi connectivity index (χ1n) is 10.1. The molecule has 3 rings (SSSR count). The minimum absolute atomic E-state index is 0.00259. The van der Waals surface area contributed by atoms with Gasteiger partial charge < -0.3 is 4.90 Å². The van der Waals surface area contributed by atoms with Crippen molar-refractivity contribution in [2.24, 2.45) is 5.92 Å². The minimum atomic E-state index is -4.33. The van der Waals surface area contributed by atoms with Gasteiger partial charge in [-0.25, -0.2) is 4.39 Å². The lowest BCUT2D eigenvalue weighted by Gasteiger charge is -2.39. The fraction of sp³-hybridized carbons (Fsp3) is 0.435. The van der Waals surface area contributed by atoms with Crippen molar-refractivity contribution in [3.05, 3.63) is 65.5 Å². The first kappa shape index (κ1) is 22.3. The maximum Gasteiger partial charge on any atom is 0.416 e. The summed E-state index contributed by atoms with van der Waals surface area (Å²) in [5.41, 5.74) is 0.874. The summed E-state index contributed by atoms with van der Waals surface area (Å²) in [4.78, 5) is 16.8. The van der Waals surface area contributed by atoms with Gasteiger partial charge in [-0.05, 0) is 54.8 Å². The second-order valence-corrected chi connectivity index (χ2v) is 8.04. The van der Waals surface area contributed by atoms with Crippen LogP contribution < -0.4 is 4.90 Å². The molecule has 1 aliphatic rings. The lowest BCUT2D eigenvalue weighted by Crippen LogP contribution is -2.48. The van der Waals surface area contributed by atoms with Crippen LogP contribution >= 0.6 is 0 Å². The Bertz CT molecular complexity index is 839. The van der Waals surface area contributed by atoms with E-state index in [1.807, 2.05) is 13.8 Å². The van der Waals surface area contributed by atoms with E-state index in [0.717, 1.165) is 43.6 Å². The predicted octanol–water partition coefficient (Wildman–Crippen LogP) is 5.50. The number of carbonyl (C=O) groups excluding carboxylic acids is 1. The van der Waals surface area contributed by atoms with Gasteiger partial charge in [0.1, 0.15) is 5.82 Å². The summed E-state index contributed by atoms with van der Waals surface area (Å²) in [6.45, 7) is 5.72. The number of benzene rings is 2. The number of hydrogen-bond acceptors (Lipinski definition) is 2. The lowest BCUT2D eigenvalue weighted by atomic mass is 9.99. The van der Waals surface area contributed by atoms with Crippen LogP contribution in [0.4, 0.5) is 23.2 Å². The van der Waals surface area contributed by atoms with Crippen molar-refractivity contribution < 1.29 is 22.4 Å². The summed E-state index contributed by atoms with van der Waals surface area (Å²) in [6, 6.07) is 11.2. The Morgan fingerprint density at radius 1 is 1.03 bits per heavy atom. The van der Waals surface area contributed by atoms with E-state index in [-0.39, 0.29) is 23.7 Å². The Hall–Kier alpha value is -2.41. The number of nitrogens with zero attached hydrogens (tertiary/aromatic N) is 2. The van der Waals surface area contributed by atoms with Crippen LogP contribution in [0.3, 0.4) is 0 Å². The lowest BCUT2D eigenvalue weighted by molar-refractivity contribution is -0.137. The Kier molecular flexibility index (Phi) is 6.81. The molecule has 1 saturated heterocycles. The van der Waals surface area contributed by atoms with E-state index in [0.29, 0.717) is 12.2 Å². The van der Waals surface area contributed by atoms with Crippen molar-refractivity contribution in [3.63, 3.8) is 0 Å². The zero-order valence-electron chi connectivity index (χ0n) is 17.1. The molecule has 1 amide bonds. The van der Waals surface area contributed by atoms with Gasteiger partial charge in [0, 0.05) is 37.3 Å². The molecule has 0 N–H and O–H groups in total. The Labute approximate surface area is 174 Å². The summed E-state index contributed by atoms with van der Waals surface area (Å²) in [7, 11) is 0. The van der Waals surface area contributed by atoms with Gasteiger partial charge in [-0.2, -0.15) is 13.2 Å². The average Bonchev–Trinajstić information content (AvgIpc) is 2.70. The second kappa shape index (κ2) is 9.16. The fourth-order valence-electron chi connectivity index (χ4n) is 3.79. The standard InChI is InChI=1S/C23H26F4N2O/c1-16(2)22(30)29(20-9-7-19(24)8-10-20)21-11-13-28(14-12-21)15-17-3-5-18(6-4-17)23(25,26)27/h3-10,16,21H,11-15H2,1-2H3. The number of carbonyl (C=O) groups is 1. The topological polar surface area (TPSA) is 23.6 Å². The molecule has 7 heteroatoms. The third-order valence-electron chi connectivity index (χ3n) is 5.45. The Morgan fingerprint density at radius 2 is 1.60 bits per heavy atom. The third-order valence-corrected chi connectivity index (χ3v) is 5.45. The summed E-state index contributed by atoms with van der Waals surface area (Å²) in [6.07, 6.45) is -2.84. The molecular weight excluding hydrogens is 396 g/mol. The van der Waals surface area contributed by atoms with Crippen LogP contribution in [0.25, 0.3) is 0 Å². The van der Waals surface area contributed by atoms with Gasteiger partial charge >= 0.3 is 6.18 Å². The van der Waals surface area contributed by atoms with Gasteiger partial charge in [0.2, 0.25) is 5.91 Å². The van der Waals surface area contributed by atoms with E-state index < -0.39 is 11.7 Å². The summed E-state index contributed by atoms with van der Waals surface area (Å²) < 4.78 is 51.5. The highest BCUT2D eigenvalue weighted by Gasteiger charge is 2.31. The highest BCUT2D eigenvalue weighted by molar-refractivity contribution is 5.95. The van der Waals surface area contributed by atoms with Gasteiger partial charge in [-0.15, -0.1) is 0 Å². The molecule has 0 saturated carbocycles. The number of rotatable bonds is 5. The highest BCUT2D eigenvalue weighted by Crippen LogP contribution is 2.30. The van der Waals surface area contributed by atoms with Crippen molar-refractivity contribution in [2.45, 2.75) is 45.5 Å². The minimum Gasteiger partial charge on any atom is -0.309 e. The molecule has 2 aromatic carbocycles. The third kappa shape index (κ3) is 5.39. The molecule has 1 fully saturated rings. The van der Waals surface area contributed by atoms with Gasteiger partial charge in [0.15, 0.2) is 0 Å². The maximum absolute atomic E-state index is 13.3. The largest absolute Gasteiger partial charge is 0.416 e. The molecule has 0 spiro atoms. The molecular formula is C23H26F4N2O. The van der Waals surface area contributed by atoms with E-state index in [1.54, 1.807) is 17.0 Å².